The Bertz CT molecular complexity index is 766. The molecule has 1 aliphatic carbocycles. The number of benzene rings is 2. The standard InChI is InChI=1S/C20H21ClN2O2/c21-18-12-6-4-8-15(18)14-25-19-13-7-5-11-17(19)20(24)23-22-16-9-2-1-3-10-16/h4-8,11-13H,1-3,9-10,14H2,(H,23,24). The van der Waals surface area contributed by atoms with Gasteiger partial charge in [-0.2, -0.15) is 5.10 Å². The Hall–Kier alpha value is -2.33. The monoisotopic (exact) mass is 356 g/mol. The summed E-state index contributed by atoms with van der Waals surface area (Å²) >= 11 is 6.15. The van der Waals surface area contributed by atoms with Gasteiger partial charge in [0.1, 0.15) is 12.4 Å². The highest BCUT2D eigenvalue weighted by atomic mass is 35.5. The highest BCUT2D eigenvalue weighted by Crippen LogP contribution is 2.22. The van der Waals surface area contributed by atoms with Crippen molar-refractivity contribution in [2.45, 2.75) is 38.7 Å². The Morgan fingerprint density at radius 1 is 1.04 bits per heavy atom. The van der Waals surface area contributed by atoms with Gasteiger partial charge in [0.25, 0.3) is 5.91 Å². The summed E-state index contributed by atoms with van der Waals surface area (Å²) in [5, 5.41) is 4.92. The molecule has 1 N–H and O–H groups in total. The molecule has 1 fully saturated rings. The van der Waals surface area contributed by atoms with Gasteiger partial charge in [0.2, 0.25) is 0 Å². The van der Waals surface area contributed by atoms with E-state index in [1.54, 1.807) is 12.1 Å². The summed E-state index contributed by atoms with van der Waals surface area (Å²) in [6.45, 7) is 0.304. The van der Waals surface area contributed by atoms with E-state index < -0.39 is 0 Å². The van der Waals surface area contributed by atoms with E-state index in [0.717, 1.165) is 37.0 Å². The number of rotatable bonds is 5. The van der Waals surface area contributed by atoms with Gasteiger partial charge >= 0.3 is 0 Å². The number of hydrazone groups is 1. The van der Waals surface area contributed by atoms with Crippen molar-refractivity contribution in [1.82, 2.24) is 5.43 Å². The third kappa shape index (κ3) is 4.83. The first kappa shape index (κ1) is 17.5. The minimum atomic E-state index is -0.257. The number of carbonyl (C=O) groups is 1. The van der Waals surface area contributed by atoms with Crippen LogP contribution in [-0.4, -0.2) is 11.6 Å². The van der Waals surface area contributed by atoms with Crippen molar-refractivity contribution in [3.8, 4) is 5.75 Å². The zero-order valence-corrected chi connectivity index (χ0v) is 14.8. The quantitative estimate of drug-likeness (QED) is 0.769. The van der Waals surface area contributed by atoms with Crippen molar-refractivity contribution in [2.75, 3.05) is 0 Å². The summed E-state index contributed by atoms with van der Waals surface area (Å²) in [5.41, 5.74) is 5.07. The molecular formula is C20H21ClN2O2. The Labute approximate surface area is 152 Å². The molecule has 1 saturated carbocycles. The molecule has 0 bridgehead atoms. The summed E-state index contributed by atoms with van der Waals surface area (Å²) in [7, 11) is 0. The average molecular weight is 357 g/mol. The molecule has 0 heterocycles. The fourth-order valence-corrected chi connectivity index (χ4v) is 3.00. The number of para-hydroxylation sites is 1. The van der Waals surface area contributed by atoms with Crippen molar-refractivity contribution < 1.29 is 9.53 Å². The maximum atomic E-state index is 12.5. The molecule has 0 unspecified atom stereocenters. The van der Waals surface area contributed by atoms with E-state index in [-0.39, 0.29) is 5.91 Å². The smallest absolute Gasteiger partial charge is 0.275 e. The predicted octanol–water partition coefficient (Wildman–Crippen LogP) is 4.97. The van der Waals surface area contributed by atoms with Crippen LogP contribution in [0.5, 0.6) is 5.75 Å². The zero-order valence-electron chi connectivity index (χ0n) is 14.0. The molecule has 1 aliphatic rings. The molecule has 3 rings (SSSR count). The molecule has 0 aliphatic heterocycles. The summed E-state index contributed by atoms with van der Waals surface area (Å²) in [4.78, 5) is 12.5. The van der Waals surface area contributed by atoms with E-state index >= 15 is 0 Å². The van der Waals surface area contributed by atoms with Gasteiger partial charge in [-0.3, -0.25) is 4.79 Å². The van der Waals surface area contributed by atoms with Crippen molar-refractivity contribution in [3.63, 3.8) is 0 Å². The number of nitrogens with zero attached hydrogens (tertiary/aromatic N) is 1. The summed E-state index contributed by atoms with van der Waals surface area (Å²) < 4.78 is 5.82. The molecular weight excluding hydrogens is 336 g/mol. The number of halogens is 1. The molecule has 0 radical (unpaired) electrons. The molecule has 2 aromatic carbocycles. The van der Waals surface area contributed by atoms with Gasteiger partial charge < -0.3 is 4.74 Å². The van der Waals surface area contributed by atoms with E-state index in [2.05, 4.69) is 10.5 Å². The highest BCUT2D eigenvalue weighted by Gasteiger charge is 2.13. The van der Waals surface area contributed by atoms with Gasteiger partial charge in [-0.15, -0.1) is 0 Å². The van der Waals surface area contributed by atoms with Crippen LogP contribution < -0.4 is 10.2 Å². The normalized spacial score (nSPS) is 14.0. The first-order chi connectivity index (χ1) is 12.2. The Kier molecular flexibility index (Phi) is 6.07. The predicted molar refractivity (Wildman–Crippen MR) is 100 cm³/mol. The molecule has 0 atom stereocenters. The van der Waals surface area contributed by atoms with Crippen LogP contribution in [-0.2, 0) is 6.61 Å². The number of ether oxygens (including phenoxy) is 1. The minimum Gasteiger partial charge on any atom is -0.488 e. The summed E-state index contributed by atoms with van der Waals surface area (Å²) in [5.74, 6) is 0.261. The number of nitrogens with one attached hydrogen (secondary N) is 1. The lowest BCUT2D eigenvalue weighted by Crippen LogP contribution is -2.21. The number of carbonyl (C=O) groups excluding carboxylic acids is 1. The largest absolute Gasteiger partial charge is 0.488 e. The Balaban J connectivity index is 1.67. The van der Waals surface area contributed by atoms with E-state index in [0.29, 0.717) is 22.9 Å². The average Bonchev–Trinajstić information content (AvgIpc) is 2.66. The van der Waals surface area contributed by atoms with E-state index in [1.165, 1.54) is 6.42 Å². The second-order valence-corrected chi connectivity index (χ2v) is 6.46. The lowest BCUT2D eigenvalue weighted by Gasteiger charge is -2.13. The maximum absolute atomic E-state index is 12.5. The molecule has 0 aromatic heterocycles. The molecule has 0 saturated heterocycles. The van der Waals surface area contributed by atoms with Gasteiger partial charge in [0.05, 0.1) is 5.56 Å². The fraction of sp³-hybridized carbons (Fsp3) is 0.300. The summed E-state index contributed by atoms with van der Waals surface area (Å²) in [6.07, 6.45) is 5.46. The zero-order chi connectivity index (χ0) is 17.5. The van der Waals surface area contributed by atoms with Crippen molar-refractivity contribution in [3.05, 3.63) is 64.7 Å². The van der Waals surface area contributed by atoms with Gasteiger partial charge in [0, 0.05) is 16.3 Å². The van der Waals surface area contributed by atoms with Crippen molar-refractivity contribution in [1.29, 1.82) is 0 Å². The van der Waals surface area contributed by atoms with Crippen LogP contribution in [0.25, 0.3) is 0 Å². The van der Waals surface area contributed by atoms with Crippen LogP contribution in [0.3, 0.4) is 0 Å². The third-order valence-electron chi connectivity index (χ3n) is 4.22. The second kappa shape index (κ2) is 8.67. The molecule has 25 heavy (non-hydrogen) atoms. The van der Waals surface area contributed by atoms with Crippen LogP contribution in [0.2, 0.25) is 5.02 Å². The molecule has 5 heteroatoms. The van der Waals surface area contributed by atoms with Crippen LogP contribution in [0.15, 0.2) is 53.6 Å². The van der Waals surface area contributed by atoms with Crippen molar-refractivity contribution >= 4 is 23.2 Å². The molecule has 0 spiro atoms. The number of amides is 1. The van der Waals surface area contributed by atoms with Gasteiger partial charge in [0.15, 0.2) is 0 Å². The van der Waals surface area contributed by atoms with E-state index in [9.17, 15) is 4.79 Å². The van der Waals surface area contributed by atoms with Crippen LogP contribution >= 0.6 is 11.6 Å². The van der Waals surface area contributed by atoms with Gasteiger partial charge in [-0.05, 0) is 43.9 Å². The van der Waals surface area contributed by atoms with E-state index in [1.807, 2.05) is 36.4 Å². The first-order valence-corrected chi connectivity index (χ1v) is 8.93. The lowest BCUT2D eigenvalue weighted by molar-refractivity contribution is 0.0950. The number of hydrogen-bond acceptors (Lipinski definition) is 3. The van der Waals surface area contributed by atoms with E-state index in [4.69, 9.17) is 16.3 Å². The number of hydrogen-bond donors (Lipinski definition) is 1. The maximum Gasteiger partial charge on any atom is 0.275 e. The molecule has 4 nitrogen and oxygen atoms in total. The van der Waals surface area contributed by atoms with Gasteiger partial charge in [-0.1, -0.05) is 48.4 Å². The van der Waals surface area contributed by atoms with Crippen LogP contribution in [0.1, 0.15) is 48.0 Å². The lowest BCUT2D eigenvalue weighted by atomic mass is 9.99. The second-order valence-electron chi connectivity index (χ2n) is 6.06. The van der Waals surface area contributed by atoms with Crippen LogP contribution in [0.4, 0.5) is 0 Å². The Morgan fingerprint density at radius 2 is 1.76 bits per heavy atom. The van der Waals surface area contributed by atoms with Gasteiger partial charge in [-0.25, -0.2) is 5.43 Å². The topological polar surface area (TPSA) is 50.7 Å². The minimum absolute atomic E-state index is 0.257. The fourth-order valence-electron chi connectivity index (χ4n) is 2.81. The highest BCUT2D eigenvalue weighted by molar-refractivity contribution is 6.31. The Morgan fingerprint density at radius 3 is 2.56 bits per heavy atom. The third-order valence-corrected chi connectivity index (χ3v) is 4.59. The molecule has 2 aromatic rings. The molecule has 1 amide bonds. The SMILES string of the molecule is O=C(NN=C1CCCCC1)c1ccccc1OCc1ccccc1Cl. The molecule has 130 valence electrons. The van der Waals surface area contributed by atoms with Crippen LogP contribution in [0, 0.1) is 0 Å². The van der Waals surface area contributed by atoms with Crippen molar-refractivity contribution in [2.24, 2.45) is 5.10 Å². The first-order valence-electron chi connectivity index (χ1n) is 8.55. The summed E-state index contributed by atoms with van der Waals surface area (Å²) in [6, 6.07) is 14.7.